The van der Waals surface area contributed by atoms with Crippen LogP contribution in [0.3, 0.4) is 0 Å². The third kappa shape index (κ3) is 4.57. The number of hydrogen-bond donors (Lipinski definition) is 0. The molecule has 0 spiro atoms. The van der Waals surface area contributed by atoms with Crippen LogP contribution >= 0.6 is 0 Å². The fourth-order valence-electron chi connectivity index (χ4n) is 4.05. The number of hydrogen-bond acceptors (Lipinski definition) is 5. The summed E-state index contributed by atoms with van der Waals surface area (Å²) in [5.41, 5.74) is 2.26. The van der Waals surface area contributed by atoms with Crippen molar-refractivity contribution in [2.24, 2.45) is 5.10 Å². The monoisotopic (exact) mass is 452 g/mol. The van der Waals surface area contributed by atoms with E-state index < -0.39 is 23.8 Å². The molecule has 2 aromatic rings. The Morgan fingerprint density at radius 1 is 1.03 bits per heavy atom. The van der Waals surface area contributed by atoms with Crippen LogP contribution in [0.2, 0.25) is 0 Å². The van der Waals surface area contributed by atoms with E-state index in [2.05, 4.69) is 5.10 Å². The molecule has 2 aromatic carbocycles. The second-order valence-corrected chi connectivity index (χ2v) is 7.90. The van der Waals surface area contributed by atoms with Crippen LogP contribution in [-0.4, -0.2) is 71.5 Å². The summed E-state index contributed by atoms with van der Waals surface area (Å²) in [6.07, 6.45) is 0.431. The van der Waals surface area contributed by atoms with Crippen molar-refractivity contribution < 1.29 is 23.5 Å². The molecule has 0 radical (unpaired) electrons. The topological polar surface area (TPSA) is 82.5 Å². The normalized spacial score (nSPS) is 18.6. The molecular formula is C24H25FN4O4. The van der Waals surface area contributed by atoms with Gasteiger partial charge in [-0.3, -0.25) is 14.4 Å². The molecule has 33 heavy (non-hydrogen) atoms. The third-order valence-electron chi connectivity index (χ3n) is 5.95. The number of rotatable bonds is 6. The molecule has 2 aliphatic heterocycles. The van der Waals surface area contributed by atoms with Crippen molar-refractivity contribution in [3.8, 4) is 5.75 Å². The summed E-state index contributed by atoms with van der Waals surface area (Å²) in [6, 6.07) is 12.8. The van der Waals surface area contributed by atoms with Gasteiger partial charge in [0.15, 0.2) is 0 Å². The van der Waals surface area contributed by atoms with E-state index in [0.29, 0.717) is 31.0 Å². The molecule has 1 saturated heterocycles. The zero-order chi connectivity index (χ0) is 23.5. The molecule has 2 heterocycles. The van der Waals surface area contributed by atoms with Gasteiger partial charge in [0.25, 0.3) is 5.91 Å². The number of piperazine rings is 1. The van der Waals surface area contributed by atoms with E-state index in [1.54, 1.807) is 26.2 Å². The Morgan fingerprint density at radius 3 is 2.30 bits per heavy atom. The number of methoxy groups -OCH3 is 1. The van der Waals surface area contributed by atoms with Gasteiger partial charge in [0.05, 0.1) is 18.9 Å². The highest BCUT2D eigenvalue weighted by Gasteiger charge is 2.37. The zero-order valence-corrected chi connectivity index (χ0v) is 18.5. The highest BCUT2D eigenvalue weighted by molar-refractivity contribution is 6.35. The van der Waals surface area contributed by atoms with Gasteiger partial charge >= 0.3 is 11.8 Å². The Morgan fingerprint density at radius 2 is 1.67 bits per heavy atom. The predicted molar refractivity (Wildman–Crippen MR) is 119 cm³/mol. The number of benzene rings is 2. The zero-order valence-electron chi connectivity index (χ0n) is 18.5. The summed E-state index contributed by atoms with van der Waals surface area (Å²) in [6.45, 7) is 2.67. The molecule has 1 atom stereocenters. The number of nitrogens with zero attached hydrogens (tertiary/aromatic N) is 4. The van der Waals surface area contributed by atoms with Crippen LogP contribution in [0, 0.1) is 5.82 Å². The minimum absolute atomic E-state index is 0.251. The number of likely N-dealkylation sites (N-methyl/N-ethyl adjacent to an activating group) is 1. The van der Waals surface area contributed by atoms with Gasteiger partial charge in [-0.1, -0.05) is 12.1 Å². The fraction of sp³-hybridized carbons (Fsp3) is 0.333. The molecule has 0 aromatic heterocycles. The Balaban J connectivity index is 1.58. The first-order valence-electron chi connectivity index (χ1n) is 10.8. The van der Waals surface area contributed by atoms with Crippen LogP contribution in [-0.2, 0) is 14.4 Å². The van der Waals surface area contributed by atoms with E-state index in [1.807, 2.05) is 24.3 Å². The Hall–Kier alpha value is -3.75. The van der Waals surface area contributed by atoms with Gasteiger partial charge in [-0.15, -0.1) is 0 Å². The van der Waals surface area contributed by atoms with Gasteiger partial charge in [-0.25, -0.2) is 9.40 Å². The van der Waals surface area contributed by atoms with Gasteiger partial charge in [-0.2, -0.15) is 5.10 Å². The summed E-state index contributed by atoms with van der Waals surface area (Å²) in [5.74, 6) is -1.36. The van der Waals surface area contributed by atoms with Gasteiger partial charge in [0.2, 0.25) is 0 Å². The molecule has 8 nitrogen and oxygen atoms in total. The molecule has 3 amide bonds. The first-order valence-corrected chi connectivity index (χ1v) is 10.8. The van der Waals surface area contributed by atoms with E-state index in [1.165, 1.54) is 26.9 Å². The lowest BCUT2D eigenvalue weighted by Crippen LogP contribution is -2.56. The number of amides is 3. The molecule has 2 aliphatic rings. The third-order valence-corrected chi connectivity index (χ3v) is 5.95. The lowest BCUT2D eigenvalue weighted by molar-refractivity contribution is -0.157. The Bertz CT molecular complexity index is 1080. The van der Waals surface area contributed by atoms with Crippen molar-refractivity contribution in [1.82, 2.24) is 14.8 Å². The van der Waals surface area contributed by atoms with Crippen molar-refractivity contribution in [2.75, 3.05) is 33.3 Å². The maximum Gasteiger partial charge on any atom is 0.312 e. The molecule has 0 bridgehead atoms. The molecule has 0 aliphatic carbocycles. The molecule has 0 N–H and O–H groups in total. The van der Waals surface area contributed by atoms with Crippen LogP contribution < -0.4 is 4.74 Å². The average molecular weight is 452 g/mol. The maximum atomic E-state index is 13.5. The van der Waals surface area contributed by atoms with E-state index in [9.17, 15) is 18.8 Å². The highest BCUT2D eigenvalue weighted by atomic mass is 19.1. The van der Waals surface area contributed by atoms with Crippen molar-refractivity contribution in [3.63, 3.8) is 0 Å². The summed E-state index contributed by atoms with van der Waals surface area (Å²) in [7, 11) is 1.58. The van der Waals surface area contributed by atoms with Crippen LogP contribution in [0.4, 0.5) is 4.39 Å². The minimum atomic E-state index is -0.687. The molecule has 9 heteroatoms. The smallest absolute Gasteiger partial charge is 0.312 e. The molecule has 4 rings (SSSR count). The SMILES string of the molecule is CCN1CCN(CC(=O)N2N=C(c3ccc(OC)cc3)C[C@@H]2c2ccc(F)cc2)C(=O)C1=O. The average Bonchev–Trinajstić information content (AvgIpc) is 3.28. The quantitative estimate of drug-likeness (QED) is 0.630. The van der Waals surface area contributed by atoms with E-state index >= 15 is 0 Å². The maximum absolute atomic E-state index is 13.5. The highest BCUT2D eigenvalue weighted by Crippen LogP contribution is 2.33. The van der Waals surface area contributed by atoms with Crippen LogP contribution in [0.25, 0.3) is 0 Å². The van der Waals surface area contributed by atoms with Crippen LogP contribution in [0.5, 0.6) is 5.75 Å². The summed E-state index contributed by atoms with van der Waals surface area (Å²) >= 11 is 0. The van der Waals surface area contributed by atoms with Crippen molar-refractivity contribution in [1.29, 1.82) is 0 Å². The summed E-state index contributed by atoms with van der Waals surface area (Å²) < 4.78 is 18.7. The van der Waals surface area contributed by atoms with Crippen LogP contribution in [0.15, 0.2) is 53.6 Å². The molecular weight excluding hydrogens is 427 g/mol. The van der Waals surface area contributed by atoms with Crippen molar-refractivity contribution >= 4 is 23.4 Å². The Kier molecular flexibility index (Phi) is 6.39. The first kappa shape index (κ1) is 22.4. The van der Waals surface area contributed by atoms with E-state index in [-0.39, 0.29) is 18.9 Å². The molecule has 1 fully saturated rings. The van der Waals surface area contributed by atoms with E-state index in [4.69, 9.17) is 4.74 Å². The fourth-order valence-corrected chi connectivity index (χ4v) is 4.05. The summed E-state index contributed by atoms with van der Waals surface area (Å²) in [4.78, 5) is 40.6. The number of halogens is 1. The van der Waals surface area contributed by atoms with Gasteiger partial charge in [0, 0.05) is 26.1 Å². The molecule has 0 saturated carbocycles. The van der Waals surface area contributed by atoms with E-state index in [0.717, 1.165) is 11.1 Å². The lowest BCUT2D eigenvalue weighted by Gasteiger charge is -2.33. The largest absolute Gasteiger partial charge is 0.497 e. The second-order valence-electron chi connectivity index (χ2n) is 7.90. The lowest BCUT2D eigenvalue weighted by atomic mass is 9.98. The van der Waals surface area contributed by atoms with Crippen molar-refractivity contribution in [2.45, 2.75) is 19.4 Å². The van der Waals surface area contributed by atoms with Gasteiger partial charge in [0.1, 0.15) is 18.1 Å². The van der Waals surface area contributed by atoms with Crippen LogP contribution in [0.1, 0.15) is 30.5 Å². The Labute approximate surface area is 191 Å². The summed E-state index contributed by atoms with van der Waals surface area (Å²) in [5, 5.41) is 5.91. The van der Waals surface area contributed by atoms with Crippen molar-refractivity contribution in [3.05, 3.63) is 65.5 Å². The molecule has 172 valence electrons. The number of ether oxygens (including phenoxy) is 1. The van der Waals surface area contributed by atoms with Gasteiger partial charge < -0.3 is 14.5 Å². The number of carbonyl (C=O) groups is 3. The molecule has 0 unspecified atom stereocenters. The van der Waals surface area contributed by atoms with Gasteiger partial charge in [-0.05, 0) is 54.4 Å². The predicted octanol–water partition coefficient (Wildman–Crippen LogP) is 2.20. The second kappa shape index (κ2) is 9.40. The number of carbonyl (C=O) groups excluding carboxylic acids is 3. The number of hydrazone groups is 1. The standard InChI is InChI=1S/C24H25FN4O4/c1-3-27-12-13-28(24(32)23(27)31)15-22(30)29-21(17-4-8-18(25)9-5-17)14-20(26-29)16-6-10-19(33-2)11-7-16/h4-11,21H,3,12-15H2,1-2H3/t21-/m1/s1. The first-order chi connectivity index (χ1) is 15.9. The minimum Gasteiger partial charge on any atom is -0.497 e.